The molecule has 3 aromatic rings. The summed E-state index contributed by atoms with van der Waals surface area (Å²) >= 11 is 0. The monoisotopic (exact) mass is 315 g/mol. The summed E-state index contributed by atoms with van der Waals surface area (Å²) in [5.74, 6) is 0.349. The minimum absolute atomic E-state index is 0.0720. The van der Waals surface area contributed by atoms with Crippen molar-refractivity contribution in [3.05, 3.63) is 36.0 Å². The second-order valence-electron chi connectivity index (χ2n) is 5.49. The van der Waals surface area contributed by atoms with E-state index in [0.29, 0.717) is 16.9 Å². The number of furan rings is 1. The van der Waals surface area contributed by atoms with E-state index < -0.39 is 6.01 Å². The number of anilines is 1. The molecule has 0 atom stereocenters. The Balaban J connectivity index is 1.76. The van der Waals surface area contributed by atoms with Crippen LogP contribution in [0.15, 0.2) is 28.8 Å². The van der Waals surface area contributed by atoms with E-state index in [0.717, 1.165) is 25.9 Å². The number of carbonyl (C=O) groups excluding carboxylic acids is 1. The molecule has 118 valence electrons. The van der Waals surface area contributed by atoms with Crippen LogP contribution in [0, 0.1) is 6.01 Å². The molecule has 1 saturated heterocycles. The van der Waals surface area contributed by atoms with Gasteiger partial charge >= 0.3 is 0 Å². The molecule has 23 heavy (non-hydrogen) atoms. The zero-order valence-electron chi connectivity index (χ0n) is 12.2. The standard InChI is InChI=1S/C15H14FN5O2/c16-12-4-3-11(23-12)13-18-14-10(17)7-9(8-21(14)19-13)15(22)20-5-1-2-6-20/h3-4,7-8H,1-2,5-6,17H2. The van der Waals surface area contributed by atoms with E-state index >= 15 is 0 Å². The first-order valence-electron chi connectivity index (χ1n) is 7.33. The molecule has 0 spiro atoms. The molecule has 4 rings (SSSR count). The zero-order chi connectivity index (χ0) is 16.0. The second kappa shape index (κ2) is 5.08. The normalized spacial score (nSPS) is 14.7. The molecule has 0 bridgehead atoms. The first-order chi connectivity index (χ1) is 11.1. The number of aromatic nitrogens is 3. The lowest BCUT2D eigenvalue weighted by atomic mass is 10.2. The smallest absolute Gasteiger partial charge is 0.278 e. The fraction of sp³-hybridized carbons (Fsp3) is 0.267. The summed E-state index contributed by atoms with van der Waals surface area (Å²) in [6.45, 7) is 1.51. The Morgan fingerprint density at radius 3 is 2.78 bits per heavy atom. The third kappa shape index (κ3) is 2.32. The Morgan fingerprint density at radius 2 is 2.09 bits per heavy atom. The van der Waals surface area contributed by atoms with Gasteiger partial charge < -0.3 is 15.1 Å². The molecule has 3 aromatic heterocycles. The number of nitrogens with zero attached hydrogens (tertiary/aromatic N) is 4. The predicted molar refractivity (Wildman–Crippen MR) is 80.2 cm³/mol. The number of rotatable bonds is 2. The number of likely N-dealkylation sites (tertiary alicyclic amines) is 1. The van der Waals surface area contributed by atoms with Gasteiger partial charge in [0, 0.05) is 25.4 Å². The predicted octanol–water partition coefficient (Wildman–Crippen LogP) is 1.95. The van der Waals surface area contributed by atoms with Gasteiger partial charge in [-0.3, -0.25) is 4.79 Å². The van der Waals surface area contributed by atoms with Crippen LogP contribution in [-0.4, -0.2) is 38.5 Å². The molecule has 2 N–H and O–H groups in total. The first kappa shape index (κ1) is 13.7. The third-order valence-corrected chi connectivity index (χ3v) is 3.90. The number of fused-ring (bicyclic) bond motifs is 1. The molecular formula is C15H14FN5O2. The van der Waals surface area contributed by atoms with Gasteiger partial charge in [-0.25, -0.2) is 9.50 Å². The van der Waals surface area contributed by atoms with Crippen molar-refractivity contribution >= 4 is 17.2 Å². The van der Waals surface area contributed by atoms with E-state index in [1.807, 2.05) is 0 Å². The lowest BCUT2D eigenvalue weighted by Gasteiger charge is -2.15. The summed E-state index contributed by atoms with van der Waals surface area (Å²) < 4.78 is 19.3. The van der Waals surface area contributed by atoms with E-state index in [9.17, 15) is 9.18 Å². The summed E-state index contributed by atoms with van der Waals surface area (Å²) in [6.07, 6.45) is 3.62. The van der Waals surface area contributed by atoms with Crippen LogP contribution in [0.4, 0.5) is 10.1 Å². The summed E-state index contributed by atoms with van der Waals surface area (Å²) in [7, 11) is 0. The average Bonchev–Trinajstić information content (AvgIpc) is 3.25. The van der Waals surface area contributed by atoms with Crippen molar-refractivity contribution in [1.29, 1.82) is 0 Å². The van der Waals surface area contributed by atoms with Crippen LogP contribution in [0.2, 0.25) is 0 Å². The summed E-state index contributed by atoms with van der Waals surface area (Å²) in [5.41, 5.74) is 7.18. The van der Waals surface area contributed by atoms with Crippen LogP contribution in [0.1, 0.15) is 23.2 Å². The number of pyridine rings is 1. The zero-order valence-corrected chi connectivity index (χ0v) is 12.2. The molecule has 0 aliphatic carbocycles. The molecular weight excluding hydrogens is 301 g/mol. The number of hydrogen-bond donors (Lipinski definition) is 1. The van der Waals surface area contributed by atoms with Crippen molar-refractivity contribution in [2.75, 3.05) is 18.8 Å². The van der Waals surface area contributed by atoms with Gasteiger partial charge in [-0.1, -0.05) is 0 Å². The van der Waals surface area contributed by atoms with Crippen LogP contribution in [0.5, 0.6) is 0 Å². The number of nitrogens with two attached hydrogens (primary N) is 1. The van der Waals surface area contributed by atoms with Gasteiger partial charge in [0.05, 0.1) is 11.3 Å². The molecule has 0 unspecified atom stereocenters. The highest BCUT2D eigenvalue weighted by atomic mass is 19.1. The van der Waals surface area contributed by atoms with Gasteiger partial charge in [-0.05, 0) is 25.0 Å². The number of amides is 1. The lowest BCUT2D eigenvalue weighted by Crippen LogP contribution is -2.28. The molecule has 0 saturated carbocycles. The van der Waals surface area contributed by atoms with Gasteiger partial charge in [0.1, 0.15) is 0 Å². The quantitative estimate of drug-likeness (QED) is 0.780. The van der Waals surface area contributed by atoms with E-state index in [4.69, 9.17) is 10.2 Å². The minimum atomic E-state index is -0.711. The maximum Gasteiger partial charge on any atom is 0.278 e. The highest BCUT2D eigenvalue weighted by Crippen LogP contribution is 2.23. The first-order valence-corrected chi connectivity index (χ1v) is 7.33. The van der Waals surface area contributed by atoms with E-state index in [1.54, 1.807) is 17.2 Å². The molecule has 1 fully saturated rings. The molecule has 0 radical (unpaired) electrons. The molecule has 8 heteroatoms. The maximum absolute atomic E-state index is 13.0. The lowest BCUT2D eigenvalue weighted by molar-refractivity contribution is 0.0792. The Hall–Kier alpha value is -2.90. The molecule has 1 aliphatic heterocycles. The number of carbonyl (C=O) groups is 1. The van der Waals surface area contributed by atoms with Crippen LogP contribution in [-0.2, 0) is 0 Å². The fourth-order valence-corrected chi connectivity index (χ4v) is 2.77. The topological polar surface area (TPSA) is 89.7 Å². The molecule has 1 amide bonds. The van der Waals surface area contributed by atoms with Crippen molar-refractivity contribution in [3.63, 3.8) is 0 Å². The van der Waals surface area contributed by atoms with Gasteiger partial charge in [0.2, 0.25) is 5.82 Å². The minimum Gasteiger partial charge on any atom is -0.428 e. The molecule has 7 nitrogen and oxygen atoms in total. The van der Waals surface area contributed by atoms with Crippen molar-refractivity contribution < 1.29 is 13.6 Å². The van der Waals surface area contributed by atoms with Gasteiger partial charge in [-0.2, -0.15) is 4.39 Å². The van der Waals surface area contributed by atoms with Crippen molar-refractivity contribution in [2.45, 2.75) is 12.8 Å². The number of nitrogen functional groups attached to an aromatic ring is 1. The fourth-order valence-electron chi connectivity index (χ4n) is 2.77. The number of halogens is 1. The van der Waals surface area contributed by atoms with Crippen molar-refractivity contribution in [3.8, 4) is 11.6 Å². The van der Waals surface area contributed by atoms with Gasteiger partial charge in [-0.15, -0.1) is 5.10 Å². The Labute approximate surface area is 130 Å². The molecule has 0 aromatic carbocycles. The highest BCUT2D eigenvalue weighted by molar-refractivity contribution is 5.95. The largest absolute Gasteiger partial charge is 0.428 e. The average molecular weight is 315 g/mol. The van der Waals surface area contributed by atoms with Crippen molar-refractivity contribution in [2.24, 2.45) is 0 Å². The summed E-state index contributed by atoms with van der Waals surface area (Å²) in [5, 5.41) is 4.22. The Kier molecular flexibility index (Phi) is 3.03. The van der Waals surface area contributed by atoms with Crippen LogP contribution in [0.3, 0.4) is 0 Å². The van der Waals surface area contributed by atoms with Crippen molar-refractivity contribution in [1.82, 2.24) is 19.5 Å². The second-order valence-corrected chi connectivity index (χ2v) is 5.49. The molecule has 4 heterocycles. The van der Waals surface area contributed by atoms with Gasteiger partial charge in [0.15, 0.2) is 11.4 Å². The highest BCUT2D eigenvalue weighted by Gasteiger charge is 2.21. The Morgan fingerprint density at radius 1 is 1.30 bits per heavy atom. The number of hydrogen-bond acceptors (Lipinski definition) is 5. The van der Waals surface area contributed by atoms with Gasteiger partial charge in [0.25, 0.3) is 11.9 Å². The van der Waals surface area contributed by atoms with Crippen LogP contribution >= 0.6 is 0 Å². The van der Waals surface area contributed by atoms with E-state index in [-0.39, 0.29) is 17.5 Å². The third-order valence-electron chi connectivity index (χ3n) is 3.90. The molecule has 1 aliphatic rings. The van der Waals surface area contributed by atoms with E-state index in [2.05, 4.69) is 10.1 Å². The van der Waals surface area contributed by atoms with Crippen LogP contribution in [0.25, 0.3) is 17.2 Å². The summed E-state index contributed by atoms with van der Waals surface area (Å²) in [6, 6.07) is 3.51. The summed E-state index contributed by atoms with van der Waals surface area (Å²) in [4.78, 5) is 18.5. The SMILES string of the molecule is Nc1cc(C(=O)N2CCCC2)cn2nc(-c3ccc(F)o3)nc12. The van der Waals surface area contributed by atoms with E-state index in [1.165, 1.54) is 16.6 Å². The Bertz CT molecular complexity index is 895. The van der Waals surface area contributed by atoms with Crippen LogP contribution < -0.4 is 5.73 Å². The maximum atomic E-state index is 13.0.